The topological polar surface area (TPSA) is 85.3 Å². The van der Waals surface area contributed by atoms with Gasteiger partial charge in [0.05, 0.1) is 5.60 Å². The summed E-state index contributed by atoms with van der Waals surface area (Å²) in [6.07, 6.45) is 2.69. The number of β-amino-alcohol motifs (C(OH)–C–C–N with tert-alkyl or cyclic N) is 1. The third-order valence-corrected chi connectivity index (χ3v) is 3.36. The fourth-order valence-electron chi connectivity index (χ4n) is 2.41. The average molecular weight is 272 g/mol. The number of piperazine rings is 1. The summed E-state index contributed by atoms with van der Waals surface area (Å²) in [7, 11) is 0. The van der Waals surface area contributed by atoms with E-state index in [1.165, 1.54) is 0 Å². The van der Waals surface area contributed by atoms with Gasteiger partial charge in [-0.25, -0.2) is 0 Å². The maximum atomic E-state index is 9.79. The smallest absolute Gasteiger partial charge is 0.139 e. The molecule has 6 nitrogen and oxygen atoms in total. The molecule has 19 heavy (non-hydrogen) atoms. The van der Waals surface area contributed by atoms with E-state index in [0.29, 0.717) is 12.3 Å². The Morgan fingerprint density at radius 3 is 2.26 bits per heavy atom. The monoisotopic (exact) mass is 272 g/mol. The summed E-state index contributed by atoms with van der Waals surface area (Å²) in [5, 5.41) is 21.2. The number of nitrogens with two attached hydrogens (primary N) is 1. The van der Waals surface area contributed by atoms with Crippen LogP contribution in [0.15, 0.2) is 5.16 Å². The van der Waals surface area contributed by atoms with E-state index in [2.05, 4.69) is 15.0 Å². The second-order valence-corrected chi connectivity index (χ2v) is 5.98. The predicted molar refractivity (Wildman–Crippen MR) is 76.4 cm³/mol. The highest BCUT2D eigenvalue weighted by atomic mass is 16.4. The van der Waals surface area contributed by atoms with Crippen LogP contribution in [-0.4, -0.2) is 70.8 Å². The minimum Gasteiger partial charge on any atom is -0.409 e. The molecule has 0 spiro atoms. The lowest BCUT2D eigenvalue weighted by Gasteiger charge is -2.37. The van der Waals surface area contributed by atoms with E-state index in [9.17, 15) is 5.11 Å². The molecule has 1 fully saturated rings. The zero-order chi connectivity index (χ0) is 14.3. The lowest BCUT2D eigenvalue weighted by molar-refractivity contribution is 0.0176. The highest BCUT2D eigenvalue weighted by molar-refractivity contribution is 5.79. The molecule has 0 radical (unpaired) electrons. The summed E-state index contributed by atoms with van der Waals surface area (Å²) in [4.78, 5) is 4.75. The number of amidine groups is 1. The molecule has 4 N–H and O–H groups in total. The van der Waals surface area contributed by atoms with Crippen molar-refractivity contribution in [3.8, 4) is 0 Å². The van der Waals surface area contributed by atoms with Crippen LogP contribution in [0.25, 0.3) is 0 Å². The Kier molecular flexibility index (Phi) is 6.54. The number of hydrogen-bond acceptors (Lipinski definition) is 5. The molecule has 0 bridgehead atoms. The summed E-state index contributed by atoms with van der Waals surface area (Å²) < 4.78 is 0. The first-order valence-electron chi connectivity index (χ1n) is 7.04. The number of unbranched alkanes of at least 4 members (excludes halogenated alkanes) is 1. The van der Waals surface area contributed by atoms with Crippen molar-refractivity contribution in [3.05, 3.63) is 0 Å². The molecule has 0 aromatic rings. The van der Waals surface area contributed by atoms with E-state index in [-0.39, 0.29) is 0 Å². The predicted octanol–water partition coefficient (Wildman–Crippen LogP) is 0.292. The Morgan fingerprint density at radius 1 is 1.16 bits per heavy atom. The molecule has 112 valence electrons. The minimum absolute atomic E-state index is 0.315. The number of nitrogens with zero attached hydrogens (tertiary/aromatic N) is 3. The van der Waals surface area contributed by atoms with Gasteiger partial charge in [0.1, 0.15) is 5.84 Å². The molecule has 1 heterocycles. The fourth-order valence-corrected chi connectivity index (χ4v) is 2.41. The largest absolute Gasteiger partial charge is 0.409 e. The normalized spacial score (nSPS) is 19.8. The third-order valence-electron chi connectivity index (χ3n) is 3.36. The Balaban J connectivity index is 2.10. The van der Waals surface area contributed by atoms with Crippen molar-refractivity contribution in [2.45, 2.75) is 38.7 Å². The van der Waals surface area contributed by atoms with Crippen molar-refractivity contribution in [1.29, 1.82) is 0 Å². The zero-order valence-corrected chi connectivity index (χ0v) is 12.2. The van der Waals surface area contributed by atoms with Crippen LogP contribution in [0.5, 0.6) is 0 Å². The van der Waals surface area contributed by atoms with Crippen LogP contribution in [0.2, 0.25) is 0 Å². The van der Waals surface area contributed by atoms with Crippen molar-refractivity contribution < 1.29 is 10.3 Å². The summed E-state index contributed by atoms with van der Waals surface area (Å²) in [5.41, 5.74) is 4.82. The number of oxime groups is 1. The number of aliphatic hydroxyl groups is 1. The van der Waals surface area contributed by atoms with E-state index in [4.69, 9.17) is 10.9 Å². The molecule has 0 aliphatic carbocycles. The van der Waals surface area contributed by atoms with Crippen molar-refractivity contribution in [3.63, 3.8) is 0 Å². The van der Waals surface area contributed by atoms with Crippen LogP contribution in [0.3, 0.4) is 0 Å². The molecule has 1 aliphatic rings. The van der Waals surface area contributed by atoms with Gasteiger partial charge in [-0.2, -0.15) is 0 Å². The zero-order valence-electron chi connectivity index (χ0n) is 12.2. The molecule has 1 rings (SSSR count). The van der Waals surface area contributed by atoms with E-state index in [1.54, 1.807) is 0 Å². The first-order valence-corrected chi connectivity index (χ1v) is 7.04. The second-order valence-electron chi connectivity index (χ2n) is 5.98. The minimum atomic E-state index is -0.608. The summed E-state index contributed by atoms with van der Waals surface area (Å²) in [6.45, 7) is 9.66. The Labute approximate surface area is 115 Å². The molecule has 1 aliphatic heterocycles. The van der Waals surface area contributed by atoms with E-state index >= 15 is 0 Å². The molecule has 0 aromatic heterocycles. The first-order chi connectivity index (χ1) is 8.90. The maximum Gasteiger partial charge on any atom is 0.139 e. The van der Waals surface area contributed by atoms with Crippen LogP contribution in [0.4, 0.5) is 0 Å². The van der Waals surface area contributed by atoms with Crippen molar-refractivity contribution in [2.24, 2.45) is 10.9 Å². The molecule has 0 unspecified atom stereocenters. The van der Waals surface area contributed by atoms with Gasteiger partial charge in [-0.15, -0.1) is 0 Å². The Hall–Kier alpha value is -0.850. The standard InChI is InChI=1S/C13H28N4O2/c1-13(2,18)11-17-9-7-16(8-10-17)6-4-3-5-12(14)15-19/h18-19H,3-11H2,1-2H3,(H2,14,15). The fraction of sp³-hybridized carbons (Fsp3) is 0.923. The summed E-state index contributed by atoms with van der Waals surface area (Å²) >= 11 is 0. The van der Waals surface area contributed by atoms with Crippen LogP contribution >= 0.6 is 0 Å². The van der Waals surface area contributed by atoms with Gasteiger partial charge in [0.15, 0.2) is 0 Å². The molecule has 0 atom stereocenters. The van der Waals surface area contributed by atoms with Crippen molar-refractivity contribution >= 4 is 5.84 Å². The van der Waals surface area contributed by atoms with E-state index in [1.807, 2.05) is 13.8 Å². The van der Waals surface area contributed by atoms with Crippen LogP contribution < -0.4 is 5.73 Å². The van der Waals surface area contributed by atoms with Gasteiger partial charge in [0.25, 0.3) is 0 Å². The SMILES string of the molecule is CC(C)(O)CN1CCN(CCCCC(N)=NO)CC1. The molecule has 0 amide bonds. The van der Waals surface area contributed by atoms with Gasteiger partial charge in [0, 0.05) is 39.1 Å². The Bertz CT molecular complexity index is 281. The summed E-state index contributed by atoms with van der Waals surface area (Å²) in [6, 6.07) is 0. The molecular weight excluding hydrogens is 244 g/mol. The van der Waals surface area contributed by atoms with Gasteiger partial charge in [-0.05, 0) is 33.2 Å². The van der Waals surface area contributed by atoms with Crippen LogP contribution in [-0.2, 0) is 0 Å². The molecule has 0 aromatic carbocycles. The quantitative estimate of drug-likeness (QED) is 0.204. The third kappa shape index (κ3) is 7.34. The number of hydrogen-bond donors (Lipinski definition) is 3. The van der Waals surface area contributed by atoms with Gasteiger partial charge in [-0.3, -0.25) is 4.90 Å². The van der Waals surface area contributed by atoms with Crippen molar-refractivity contribution in [2.75, 3.05) is 39.3 Å². The van der Waals surface area contributed by atoms with Crippen LogP contribution in [0.1, 0.15) is 33.1 Å². The Morgan fingerprint density at radius 2 is 1.74 bits per heavy atom. The van der Waals surface area contributed by atoms with Crippen molar-refractivity contribution in [1.82, 2.24) is 9.80 Å². The van der Waals surface area contributed by atoms with Gasteiger partial charge in [-0.1, -0.05) is 5.16 Å². The lowest BCUT2D eigenvalue weighted by atomic mass is 10.1. The van der Waals surface area contributed by atoms with E-state index < -0.39 is 5.60 Å². The molecule has 0 saturated carbocycles. The summed E-state index contributed by atoms with van der Waals surface area (Å²) in [5.74, 6) is 0.315. The lowest BCUT2D eigenvalue weighted by Crippen LogP contribution is -2.50. The highest BCUT2D eigenvalue weighted by Crippen LogP contribution is 2.09. The maximum absolute atomic E-state index is 9.79. The van der Waals surface area contributed by atoms with E-state index in [0.717, 1.165) is 52.1 Å². The van der Waals surface area contributed by atoms with Gasteiger partial charge in [0.2, 0.25) is 0 Å². The highest BCUT2D eigenvalue weighted by Gasteiger charge is 2.22. The molecular formula is C13H28N4O2. The molecule has 1 saturated heterocycles. The molecule has 6 heteroatoms. The van der Waals surface area contributed by atoms with Crippen LogP contribution in [0, 0.1) is 0 Å². The van der Waals surface area contributed by atoms with Gasteiger partial charge < -0.3 is 20.9 Å². The average Bonchev–Trinajstić information content (AvgIpc) is 2.34. The van der Waals surface area contributed by atoms with Gasteiger partial charge >= 0.3 is 0 Å². The number of rotatable bonds is 7. The first kappa shape index (κ1) is 16.2. The second kappa shape index (κ2) is 7.67.